The van der Waals surface area contributed by atoms with Gasteiger partial charge in [-0.1, -0.05) is 123 Å². The fourth-order valence-corrected chi connectivity index (χ4v) is 12.5. The summed E-state index contributed by atoms with van der Waals surface area (Å²) in [5.41, 5.74) is 17.9. The third-order valence-electron chi connectivity index (χ3n) is 14.1. The van der Waals surface area contributed by atoms with Crippen molar-refractivity contribution < 1.29 is 4.74 Å². The van der Waals surface area contributed by atoms with E-state index in [-0.39, 0.29) is 17.4 Å². The number of nitrogens with zero attached hydrogens (tertiary/aromatic N) is 2. The Morgan fingerprint density at radius 3 is 2.34 bits per heavy atom. The average Bonchev–Trinajstić information content (AvgIpc) is 4.03. The summed E-state index contributed by atoms with van der Waals surface area (Å²) in [6.07, 6.45) is 20.1. The van der Waals surface area contributed by atoms with Crippen molar-refractivity contribution in [1.82, 2.24) is 4.57 Å². The first-order valence-corrected chi connectivity index (χ1v) is 22.7. The van der Waals surface area contributed by atoms with E-state index in [2.05, 4.69) is 193 Å². The first-order chi connectivity index (χ1) is 30.0. The largest absolute Gasteiger partial charge is 0.489 e. The van der Waals surface area contributed by atoms with Crippen LogP contribution in [0, 0.1) is 5.92 Å². The van der Waals surface area contributed by atoms with Crippen LogP contribution in [0.5, 0.6) is 0 Å². The average molecular weight is 805 g/mol. The Balaban J connectivity index is 1.01. The molecule has 13 rings (SSSR count). The Morgan fingerprint density at radius 1 is 0.672 bits per heavy atom. The fourth-order valence-electron chi connectivity index (χ4n) is 11.2. The van der Waals surface area contributed by atoms with E-state index in [1.807, 2.05) is 11.3 Å². The summed E-state index contributed by atoms with van der Waals surface area (Å²) in [6.45, 7) is 4.75. The van der Waals surface area contributed by atoms with E-state index < -0.39 is 0 Å². The van der Waals surface area contributed by atoms with Crippen LogP contribution in [0.4, 0.5) is 17.1 Å². The second-order valence-corrected chi connectivity index (χ2v) is 18.8. The minimum Gasteiger partial charge on any atom is -0.489 e. The molecule has 4 aliphatic carbocycles. The lowest BCUT2D eigenvalue weighted by Crippen LogP contribution is -2.16. The third kappa shape index (κ3) is 5.15. The lowest BCUT2D eigenvalue weighted by Gasteiger charge is -2.28. The first-order valence-electron chi connectivity index (χ1n) is 21.9. The van der Waals surface area contributed by atoms with Gasteiger partial charge < -0.3 is 14.2 Å². The molecule has 2 aromatic heterocycles. The lowest BCUT2D eigenvalue weighted by atomic mass is 9.82. The molecule has 61 heavy (non-hydrogen) atoms. The second-order valence-electron chi connectivity index (χ2n) is 17.7. The number of hydrogen-bond acceptors (Lipinski definition) is 3. The maximum Gasteiger partial charge on any atom is 0.127 e. The van der Waals surface area contributed by atoms with Gasteiger partial charge in [-0.2, -0.15) is 0 Å². The van der Waals surface area contributed by atoms with Gasteiger partial charge in [0.25, 0.3) is 0 Å². The molecule has 5 aliphatic rings. The second kappa shape index (κ2) is 13.2. The summed E-state index contributed by atoms with van der Waals surface area (Å²) in [7, 11) is 0. The minimum atomic E-state index is -0.119. The molecule has 0 amide bonds. The zero-order chi connectivity index (χ0) is 40.4. The molecule has 0 radical (unpaired) electrons. The van der Waals surface area contributed by atoms with E-state index in [1.165, 1.54) is 87.0 Å². The molecule has 0 fully saturated rings. The van der Waals surface area contributed by atoms with Crippen LogP contribution in [0.1, 0.15) is 55.5 Å². The van der Waals surface area contributed by atoms with Gasteiger partial charge in [-0.3, -0.25) is 0 Å². The Hall–Kier alpha value is -6.62. The van der Waals surface area contributed by atoms with E-state index in [1.54, 1.807) is 0 Å². The summed E-state index contributed by atoms with van der Waals surface area (Å²) >= 11 is 1.89. The van der Waals surface area contributed by atoms with Crippen LogP contribution in [-0.2, 0) is 16.6 Å². The van der Waals surface area contributed by atoms with Crippen molar-refractivity contribution in [1.29, 1.82) is 0 Å². The van der Waals surface area contributed by atoms with E-state index in [9.17, 15) is 0 Å². The van der Waals surface area contributed by atoms with Crippen molar-refractivity contribution in [3.05, 3.63) is 198 Å². The van der Waals surface area contributed by atoms with Gasteiger partial charge in [-0.25, -0.2) is 0 Å². The first kappa shape index (κ1) is 35.2. The Kier molecular flexibility index (Phi) is 7.60. The van der Waals surface area contributed by atoms with Gasteiger partial charge in [0.15, 0.2) is 0 Å². The number of hydrogen-bond donors (Lipinski definition) is 0. The van der Waals surface area contributed by atoms with Gasteiger partial charge in [0, 0.05) is 82.9 Å². The molecular weight excluding hydrogens is 761 g/mol. The topological polar surface area (TPSA) is 17.4 Å². The van der Waals surface area contributed by atoms with E-state index in [0.29, 0.717) is 0 Å². The zero-order valence-electron chi connectivity index (χ0n) is 34.4. The van der Waals surface area contributed by atoms with Gasteiger partial charge >= 0.3 is 0 Å². The van der Waals surface area contributed by atoms with Gasteiger partial charge in [0.2, 0.25) is 0 Å². The molecule has 2 unspecified atom stereocenters. The van der Waals surface area contributed by atoms with Crippen molar-refractivity contribution >= 4 is 70.7 Å². The van der Waals surface area contributed by atoms with Gasteiger partial charge in [0.1, 0.15) is 11.9 Å². The van der Waals surface area contributed by atoms with Gasteiger partial charge in [-0.15, -0.1) is 11.3 Å². The van der Waals surface area contributed by atoms with Crippen LogP contribution in [0.15, 0.2) is 176 Å². The lowest BCUT2D eigenvalue weighted by molar-refractivity contribution is 0.157. The molecule has 0 saturated heterocycles. The predicted octanol–water partition coefficient (Wildman–Crippen LogP) is 15.4. The number of anilines is 3. The molecule has 6 aromatic carbocycles. The summed E-state index contributed by atoms with van der Waals surface area (Å²) in [5, 5.41) is 3.94. The number of ether oxygens (including phenoxy) is 1. The van der Waals surface area contributed by atoms with Gasteiger partial charge in [-0.05, 0) is 113 Å². The molecule has 0 bridgehead atoms. The Morgan fingerprint density at radius 2 is 1.44 bits per heavy atom. The van der Waals surface area contributed by atoms with Crippen LogP contribution in [0.25, 0.3) is 64.6 Å². The standard InChI is InChI=1S/C57H44N2OS/c1-57(2)47-20-9-6-15-41(47)42-29-27-39(34-48(42)57)58(37-25-23-35(24-26-37)40-18-12-19-44-43-16-8-11-22-53(43)61-56(40)44)38-28-30-49-46(33-38)54-50(59(49)36-13-4-3-5-14-36)31-32-52-55(54)45-17-7-10-21-51(45)60-52/h4,6-30,33-34,45,51H,3,5,31-32H2,1-2H3. The summed E-state index contributed by atoms with van der Waals surface area (Å²) in [4.78, 5) is 2.49. The molecule has 8 aromatic rings. The van der Waals surface area contributed by atoms with Crippen LogP contribution in [-0.4, -0.2) is 10.7 Å². The van der Waals surface area contributed by atoms with Crippen LogP contribution >= 0.6 is 11.3 Å². The van der Waals surface area contributed by atoms with E-state index in [4.69, 9.17) is 4.74 Å². The third-order valence-corrected chi connectivity index (χ3v) is 15.3. The SMILES string of the molecule is CC1(C)c2ccccc2-c2ccc(N(c3ccc(-c4cccc5c4sc4ccccc45)cc3)c3ccc4c(c3)c3c(n4C4=CCCC=C4)CCC4=C3C3C=CC=CC3O4)cc21. The van der Waals surface area contributed by atoms with Gasteiger partial charge in [0.05, 0.1) is 5.52 Å². The monoisotopic (exact) mass is 804 g/mol. The summed E-state index contributed by atoms with van der Waals surface area (Å²) in [5.74, 6) is 1.38. The van der Waals surface area contributed by atoms with E-state index in [0.717, 1.165) is 48.5 Å². The highest BCUT2D eigenvalue weighted by atomic mass is 32.1. The normalized spacial score (nSPS) is 19.1. The van der Waals surface area contributed by atoms with E-state index >= 15 is 0 Å². The zero-order valence-corrected chi connectivity index (χ0v) is 35.2. The molecule has 3 heterocycles. The molecule has 4 heteroatoms. The molecule has 3 nitrogen and oxygen atoms in total. The highest BCUT2D eigenvalue weighted by molar-refractivity contribution is 7.26. The van der Waals surface area contributed by atoms with Crippen molar-refractivity contribution in [3.63, 3.8) is 0 Å². The number of benzene rings is 6. The molecule has 294 valence electrons. The predicted molar refractivity (Wildman–Crippen MR) is 257 cm³/mol. The van der Waals surface area contributed by atoms with Crippen LogP contribution < -0.4 is 4.90 Å². The number of allylic oxidation sites excluding steroid dienone is 7. The Bertz CT molecular complexity index is 3330. The molecule has 0 spiro atoms. The number of aromatic nitrogens is 1. The molecular formula is C57H44N2OS. The van der Waals surface area contributed by atoms with Crippen molar-refractivity contribution in [3.8, 4) is 22.3 Å². The molecule has 2 atom stereocenters. The van der Waals surface area contributed by atoms with Crippen molar-refractivity contribution in [2.24, 2.45) is 5.92 Å². The summed E-state index contributed by atoms with van der Waals surface area (Å²) in [6, 6.07) is 48.1. The molecule has 0 N–H and O–H groups in total. The Labute approximate surface area is 360 Å². The van der Waals surface area contributed by atoms with Crippen LogP contribution in [0.2, 0.25) is 0 Å². The highest BCUT2D eigenvalue weighted by Crippen LogP contribution is 2.53. The van der Waals surface area contributed by atoms with Crippen molar-refractivity contribution in [2.45, 2.75) is 51.0 Å². The summed E-state index contributed by atoms with van der Waals surface area (Å²) < 4.78 is 12.0. The minimum absolute atomic E-state index is 0.0589. The highest BCUT2D eigenvalue weighted by Gasteiger charge is 2.41. The van der Waals surface area contributed by atoms with Crippen LogP contribution in [0.3, 0.4) is 0 Å². The maximum absolute atomic E-state index is 6.72. The molecule has 1 aliphatic heterocycles. The smallest absolute Gasteiger partial charge is 0.127 e. The molecule has 0 saturated carbocycles. The number of rotatable bonds is 5. The number of fused-ring (bicyclic) bond motifs is 12. The number of thiophene rings is 1. The quantitative estimate of drug-likeness (QED) is 0.172. The fraction of sp³-hybridized carbons (Fsp3) is 0.158. The maximum atomic E-state index is 6.72. The van der Waals surface area contributed by atoms with Crippen molar-refractivity contribution in [2.75, 3.05) is 4.90 Å².